The molecule has 0 aliphatic carbocycles. The van der Waals surface area contributed by atoms with E-state index in [9.17, 15) is 27.2 Å². The molecule has 0 saturated heterocycles. The zero-order valence-electron chi connectivity index (χ0n) is 16.7. The minimum atomic E-state index is -4.85. The van der Waals surface area contributed by atoms with Gasteiger partial charge in [-0.25, -0.2) is 13.9 Å². The van der Waals surface area contributed by atoms with Gasteiger partial charge in [0.25, 0.3) is 5.91 Å². The van der Waals surface area contributed by atoms with Crippen LogP contribution in [0, 0.1) is 5.82 Å². The molecule has 0 bridgehead atoms. The van der Waals surface area contributed by atoms with Crippen LogP contribution in [-0.2, 0) is 25.7 Å². The summed E-state index contributed by atoms with van der Waals surface area (Å²) in [5, 5.41) is 6.94. The third-order valence-electron chi connectivity index (χ3n) is 5.04. The third-order valence-corrected chi connectivity index (χ3v) is 5.04. The molecule has 11 heteroatoms. The summed E-state index contributed by atoms with van der Waals surface area (Å²) in [6, 6.07) is 1.54. The monoisotopic (exact) mass is 429 g/mol. The molecule has 1 aliphatic heterocycles. The van der Waals surface area contributed by atoms with Crippen LogP contribution in [0.15, 0.2) is 23.0 Å². The highest BCUT2D eigenvalue weighted by molar-refractivity contribution is 5.96. The van der Waals surface area contributed by atoms with E-state index in [0.29, 0.717) is 50.8 Å². The van der Waals surface area contributed by atoms with E-state index in [0.717, 1.165) is 12.1 Å². The summed E-state index contributed by atoms with van der Waals surface area (Å²) in [4.78, 5) is 26.9. The smallest absolute Gasteiger partial charge is 0.349 e. The first kappa shape index (κ1) is 22.0. The van der Waals surface area contributed by atoms with Crippen molar-refractivity contribution < 1.29 is 22.4 Å². The molecule has 1 aromatic carbocycles. The number of carbonyl (C=O) groups is 1. The van der Waals surface area contributed by atoms with E-state index in [4.69, 9.17) is 0 Å². The second kappa shape index (κ2) is 8.58. The number of rotatable bonds is 5. The number of nitrogens with one attached hydrogen (secondary N) is 1. The van der Waals surface area contributed by atoms with Crippen molar-refractivity contribution in [1.29, 1.82) is 0 Å². The zero-order valence-corrected chi connectivity index (χ0v) is 16.7. The van der Waals surface area contributed by atoms with Gasteiger partial charge in [0.2, 0.25) is 0 Å². The van der Waals surface area contributed by atoms with Gasteiger partial charge in [-0.3, -0.25) is 9.36 Å². The van der Waals surface area contributed by atoms with Crippen molar-refractivity contribution in [1.82, 2.24) is 24.6 Å². The van der Waals surface area contributed by atoms with Crippen LogP contribution >= 0.6 is 0 Å². The molecule has 0 fully saturated rings. The largest absolute Gasteiger partial charge is 0.417 e. The number of carbonyl (C=O) groups excluding carboxylic acids is 1. The van der Waals surface area contributed by atoms with Crippen molar-refractivity contribution in [3.63, 3.8) is 0 Å². The van der Waals surface area contributed by atoms with Crippen molar-refractivity contribution in [3.05, 3.63) is 51.5 Å². The Labute approximate surface area is 170 Å². The maximum atomic E-state index is 13.3. The van der Waals surface area contributed by atoms with Gasteiger partial charge in [0.1, 0.15) is 11.6 Å². The van der Waals surface area contributed by atoms with Gasteiger partial charge in [-0.15, -0.1) is 0 Å². The van der Waals surface area contributed by atoms with E-state index in [1.165, 1.54) is 4.68 Å². The molecule has 1 amide bonds. The van der Waals surface area contributed by atoms with E-state index in [-0.39, 0.29) is 5.69 Å². The van der Waals surface area contributed by atoms with Crippen LogP contribution in [0.3, 0.4) is 0 Å². The van der Waals surface area contributed by atoms with Crippen molar-refractivity contribution >= 4 is 5.91 Å². The molecule has 0 spiro atoms. The summed E-state index contributed by atoms with van der Waals surface area (Å²) in [6.07, 6.45) is -3.64. The molecular formula is C19H23F4N5O2. The molecule has 7 nitrogen and oxygen atoms in total. The van der Waals surface area contributed by atoms with Gasteiger partial charge < -0.3 is 10.2 Å². The summed E-state index contributed by atoms with van der Waals surface area (Å²) in [5.41, 5.74) is -2.18. The number of benzene rings is 1. The summed E-state index contributed by atoms with van der Waals surface area (Å²) in [7, 11) is 3.79. The van der Waals surface area contributed by atoms with Gasteiger partial charge in [0.15, 0.2) is 0 Å². The molecule has 30 heavy (non-hydrogen) atoms. The van der Waals surface area contributed by atoms with E-state index < -0.39 is 35.1 Å². The Morgan fingerprint density at radius 3 is 2.70 bits per heavy atom. The Bertz CT molecular complexity index is 980. The van der Waals surface area contributed by atoms with E-state index in [1.807, 2.05) is 19.0 Å². The highest BCUT2D eigenvalue weighted by Gasteiger charge is 2.36. The van der Waals surface area contributed by atoms with Gasteiger partial charge in [0, 0.05) is 25.6 Å². The summed E-state index contributed by atoms with van der Waals surface area (Å²) in [5.74, 6) is -1.40. The van der Waals surface area contributed by atoms with Crippen molar-refractivity contribution in [2.45, 2.75) is 44.6 Å². The summed E-state index contributed by atoms with van der Waals surface area (Å²) >= 11 is 0. The molecule has 0 saturated carbocycles. The minimum Gasteiger partial charge on any atom is -0.349 e. The normalized spacial score (nSPS) is 17.0. The quantitative estimate of drug-likeness (QED) is 0.737. The number of aryl methyl sites for hydroxylation is 1. The molecule has 1 aliphatic rings. The first-order valence-corrected chi connectivity index (χ1v) is 9.55. The Morgan fingerprint density at radius 1 is 1.30 bits per heavy atom. The number of halogens is 4. The van der Waals surface area contributed by atoms with Gasteiger partial charge in [-0.05, 0) is 45.1 Å². The number of hydrogen-bond acceptors (Lipinski definition) is 4. The van der Waals surface area contributed by atoms with Crippen molar-refractivity contribution in [3.8, 4) is 0 Å². The highest BCUT2D eigenvalue weighted by Crippen LogP contribution is 2.32. The predicted molar refractivity (Wildman–Crippen MR) is 101 cm³/mol. The summed E-state index contributed by atoms with van der Waals surface area (Å²) < 4.78 is 55.7. The van der Waals surface area contributed by atoms with Crippen molar-refractivity contribution in [2.24, 2.45) is 0 Å². The fourth-order valence-corrected chi connectivity index (χ4v) is 3.42. The standard InChI is InChI=1S/C19H23F4N5O2/c1-26(2)9-10-28-18(30)27-8-7-13(4-6-16(27)25-28)24-17(29)14-5-3-12(20)11-15(14)19(21,22)23/h3,5,11,13H,4,6-10H2,1-2H3,(H,24,29). The number of likely N-dealkylation sites (N-methyl/N-ethyl adjacent to an activating group) is 1. The predicted octanol–water partition coefficient (Wildman–Crippen LogP) is 1.90. The zero-order chi connectivity index (χ0) is 22.1. The molecule has 164 valence electrons. The topological polar surface area (TPSA) is 72.2 Å². The number of amides is 1. The molecule has 3 rings (SSSR count). The number of aromatic nitrogens is 3. The molecule has 2 heterocycles. The van der Waals surface area contributed by atoms with Crippen LogP contribution in [0.1, 0.15) is 34.6 Å². The maximum absolute atomic E-state index is 13.3. The molecule has 1 aromatic heterocycles. The molecule has 1 unspecified atom stereocenters. The second-order valence-electron chi connectivity index (χ2n) is 7.56. The lowest BCUT2D eigenvalue weighted by molar-refractivity contribution is -0.138. The average Bonchev–Trinajstić information content (AvgIpc) is 2.82. The number of alkyl halides is 3. The Kier molecular flexibility index (Phi) is 6.30. The molecule has 0 radical (unpaired) electrons. The number of fused-ring (bicyclic) bond motifs is 1. The number of hydrogen-bond donors (Lipinski definition) is 1. The maximum Gasteiger partial charge on any atom is 0.417 e. The molecule has 1 atom stereocenters. The summed E-state index contributed by atoms with van der Waals surface area (Å²) in [6.45, 7) is 1.42. The van der Waals surface area contributed by atoms with Crippen LogP contribution in [0.5, 0.6) is 0 Å². The first-order chi connectivity index (χ1) is 14.1. The Balaban J connectivity index is 1.70. The minimum absolute atomic E-state index is 0.239. The lowest BCUT2D eigenvalue weighted by Gasteiger charge is -2.18. The lowest BCUT2D eigenvalue weighted by atomic mass is 10.0. The lowest BCUT2D eigenvalue weighted by Crippen LogP contribution is -2.37. The van der Waals surface area contributed by atoms with E-state index in [1.54, 1.807) is 4.57 Å². The highest BCUT2D eigenvalue weighted by atomic mass is 19.4. The van der Waals surface area contributed by atoms with Crippen LogP contribution in [0.4, 0.5) is 17.6 Å². The van der Waals surface area contributed by atoms with Gasteiger partial charge in [-0.2, -0.15) is 18.3 Å². The molecule has 1 N–H and O–H groups in total. The average molecular weight is 429 g/mol. The van der Waals surface area contributed by atoms with Gasteiger partial charge in [-0.1, -0.05) is 0 Å². The van der Waals surface area contributed by atoms with Gasteiger partial charge in [0.05, 0.1) is 17.7 Å². The van der Waals surface area contributed by atoms with E-state index >= 15 is 0 Å². The fraction of sp³-hybridized carbons (Fsp3) is 0.526. The van der Waals surface area contributed by atoms with Crippen LogP contribution in [0.25, 0.3) is 0 Å². The van der Waals surface area contributed by atoms with E-state index in [2.05, 4.69) is 10.4 Å². The molecular weight excluding hydrogens is 406 g/mol. The molecule has 2 aromatic rings. The Morgan fingerprint density at radius 2 is 2.03 bits per heavy atom. The van der Waals surface area contributed by atoms with Crippen LogP contribution < -0.4 is 11.0 Å². The van der Waals surface area contributed by atoms with Crippen LogP contribution in [-0.4, -0.2) is 51.8 Å². The number of nitrogens with zero attached hydrogens (tertiary/aromatic N) is 4. The van der Waals surface area contributed by atoms with Crippen molar-refractivity contribution in [2.75, 3.05) is 20.6 Å². The third kappa shape index (κ3) is 4.89. The SMILES string of the molecule is CN(C)CCn1nc2n(c1=O)CCC(NC(=O)c1ccc(F)cc1C(F)(F)F)CC2. The Hall–Kier alpha value is -2.69. The second-order valence-corrected chi connectivity index (χ2v) is 7.56. The fourth-order valence-electron chi connectivity index (χ4n) is 3.42. The first-order valence-electron chi connectivity index (χ1n) is 9.55. The van der Waals surface area contributed by atoms with Gasteiger partial charge >= 0.3 is 11.9 Å². The van der Waals surface area contributed by atoms with Crippen LogP contribution in [0.2, 0.25) is 0 Å².